The number of amides is 2. The molecule has 0 bridgehead atoms. The van der Waals surface area contributed by atoms with Crippen LogP contribution in [0, 0.1) is 5.82 Å². The van der Waals surface area contributed by atoms with E-state index in [-0.39, 0.29) is 37.2 Å². The van der Waals surface area contributed by atoms with E-state index in [2.05, 4.69) is 4.98 Å². The van der Waals surface area contributed by atoms with Crippen LogP contribution in [-0.2, 0) is 36.1 Å². The van der Waals surface area contributed by atoms with Gasteiger partial charge in [-0.25, -0.2) is 32.9 Å². The van der Waals surface area contributed by atoms with E-state index in [4.69, 9.17) is 32.7 Å². The predicted octanol–water partition coefficient (Wildman–Crippen LogP) is 1.79. The van der Waals surface area contributed by atoms with Crippen molar-refractivity contribution in [2.45, 2.75) is 47.6 Å². The van der Waals surface area contributed by atoms with Crippen LogP contribution in [0.1, 0.15) is 29.6 Å². The number of allylic oxidation sites excluding steroid dienone is 2. The second kappa shape index (κ2) is 11.1. The van der Waals surface area contributed by atoms with Gasteiger partial charge >= 0.3 is 11.4 Å². The van der Waals surface area contributed by atoms with E-state index >= 15 is 0 Å². The lowest BCUT2D eigenvalue weighted by molar-refractivity contribution is -0.137. The Morgan fingerprint density at radius 1 is 1.02 bits per heavy atom. The van der Waals surface area contributed by atoms with Gasteiger partial charge in [0.1, 0.15) is 5.69 Å². The van der Waals surface area contributed by atoms with Gasteiger partial charge in [-0.1, -0.05) is 18.2 Å². The number of para-hydroxylation sites is 1. The normalized spacial score (nSPS) is 24.5. The minimum absolute atomic E-state index is 0.0885. The third-order valence-electron chi connectivity index (χ3n) is 9.91. The molecule has 4 aromatic rings. The number of alkyl halides is 2. The summed E-state index contributed by atoms with van der Waals surface area (Å²) >= 11 is 14.1. The molecule has 2 amide bonds. The van der Waals surface area contributed by atoms with Crippen LogP contribution in [0.5, 0.6) is 17.2 Å². The van der Waals surface area contributed by atoms with Crippen molar-refractivity contribution < 1.29 is 28.6 Å². The molecule has 1 N–H and O–H groups in total. The zero-order valence-electron chi connectivity index (χ0n) is 26.6. The summed E-state index contributed by atoms with van der Waals surface area (Å²) in [5.41, 5.74) is -0.733. The molecule has 2 fully saturated rings. The number of ether oxygens (including phenoxy) is 2. The molecule has 0 radical (unpaired) electrons. The van der Waals surface area contributed by atoms with Crippen LogP contribution in [0.15, 0.2) is 56.4 Å². The van der Waals surface area contributed by atoms with E-state index in [1.54, 1.807) is 25.3 Å². The molecule has 1 saturated carbocycles. The molecule has 1 saturated heterocycles. The molecule has 3 aliphatic rings. The first kappa shape index (κ1) is 32.6. The average Bonchev–Trinajstić information content (AvgIpc) is 3.40. The minimum Gasteiger partial charge on any atom is -0.505 e. The van der Waals surface area contributed by atoms with Crippen LogP contribution in [0.3, 0.4) is 0 Å². The van der Waals surface area contributed by atoms with Crippen LogP contribution in [-0.4, -0.2) is 76.3 Å². The number of rotatable bonds is 6. The molecule has 0 spiro atoms. The summed E-state index contributed by atoms with van der Waals surface area (Å²) in [6, 6.07) is 5.84. The van der Waals surface area contributed by atoms with Crippen LogP contribution < -0.4 is 26.4 Å². The molecule has 0 unspecified atom stereocenters. The van der Waals surface area contributed by atoms with Crippen molar-refractivity contribution in [3.8, 4) is 17.2 Å². The maximum Gasteiger partial charge on any atom is 0.347 e. The van der Waals surface area contributed by atoms with E-state index in [0.717, 1.165) is 24.9 Å². The Kier molecular flexibility index (Phi) is 7.37. The third kappa shape index (κ3) is 4.24. The Hall–Kier alpha value is -4.89. The molecule has 14 nitrogen and oxygen atoms in total. The van der Waals surface area contributed by atoms with Gasteiger partial charge in [-0.2, -0.15) is 0 Å². The Balaban J connectivity index is 1.32. The average molecular weight is 716 g/mol. The maximum absolute atomic E-state index is 14.7. The molecular weight excluding hydrogens is 686 g/mol. The van der Waals surface area contributed by atoms with E-state index in [0.29, 0.717) is 28.1 Å². The number of aromatic hydroxyl groups is 1. The highest BCUT2D eigenvalue weighted by atomic mass is 35.5. The van der Waals surface area contributed by atoms with Crippen LogP contribution in [0.4, 0.5) is 4.39 Å². The number of aromatic nitrogens is 5. The Morgan fingerprint density at radius 2 is 1.71 bits per heavy atom. The summed E-state index contributed by atoms with van der Waals surface area (Å²) < 4.78 is 30.1. The molecule has 17 heteroatoms. The second-order valence-corrected chi connectivity index (χ2v) is 13.5. The smallest absolute Gasteiger partial charge is 0.347 e. The summed E-state index contributed by atoms with van der Waals surface area (Å²) in [7, 11) is 5.72. The quantitative estimate of drug-likeness (QED) is 0.178. The van der Waals surface area contributed by atoms with Crippen molar-refractivity contribution in [1.29, 1.82) is 0 Å². The summed E-state index contributed by atoms with van der Waals surface area (Å²) in [6.07, 6.45) is 1.11. The summed E-state index contributed by atoms with van der Waals surface area (Å²) in [5, 5.41) is 10.8. The van der Waals surface area contributed by atoms with Gasteiger partial charge in [0.2, 0.25) is 0 Å². The third-order valence-corrected chi connectivity index (χ3v) is 11.3. The van der Waals surface area contributed by atoms with Crippen LogP contribution in [0.25, 0.3) is 11.0 Å². The van der Waals surface area contributed by atoms with Crippen LogP contribution >= 0.6 is 23.2 Å². The monoisotopic (exact) mass is 714 g/mol. The number of hydrogen-bond acceptors (Lipinski definition) is 9. The van der Waals surface area contributed by atoms with E-state index < -0.39 is 62.0 Å². The Bertz CT molecular complexity index is 2350. The molecule has 2 aromatic carbocycles. The van der Waals surface area contributed by atoms with E-state index in [1.807, 2.05) is 0 Å². The first-order valence-corrected chi connectivity index (χ1v) is 15.9. The number of nitrogens with zero attached hydrogens (tertiary/aromatic N) is 6. The largest absolute Gasteiger partial charge is 0.505 e. The highest BCUT2D eigenvalue weighted by molar-refractivity contribution is 6.53. The van der Waals surface area contributed by atoms with Crippen molar-refractivity contribution in [3.05, 3.63) is 90.4 Å². The second-order valence-electron chi connectivity index (χ2n) is 12.2. The number of fused-ring (bicyclic) bond motifs is 5. The fraction of sp³-hybridized carbons (Fsp3) is 0.375. The number of aryl methyl sites for hydroxylation is 2. The highest BCUT2D eigenvalue weighted by Crippen LogP contribution is 2.64. The van der Waals surface area contributed by atoms with Crippen LogP contribution in [0.2, 0.25) is 0 Å². The van der Waals surface area contributed by atoms with Gasteiger partial charge in [-0.15, -0.1) is 23.2 Å². The first-order valence-electron chi connectivity index (χ1n) is 15.1. The highest BCUT2D eigenvalue weighted by Gasteiger charge is 2.75. The van der Waals surface area contributed by atoms with Gasteiger partial charge in [-0.05, 0) is 11.6 Å². The topological polar surface area (TPSA) is 160 Å². The number of hydrogen-bond donors (Lipinski definition) is 1. The SMILES string of the molecule is COc1cc2nc(CCn3c(=O)n4n(c3=O)[C@@H]3C[C@@]5(Cl)C(=O)N(C)C(=O)[C@@]5(Cl)[C@@H](c5cccc(F)c5O)C3=CC4)c(=O)n(C)c2cc1OC. The number of phenolic OH excluding ortho intramolecular Hbond substituents is 1. The van der Waals surface area contributed by atoms with Gasteiger partial charge in [-0.3, -0.25) is 19.3 Å². The van der Waals surface area contributed by atoms with Gasteiger partial charge in [0.15, 0.2) is 32.8 Å². The first-order chi connectivity index (χ1) is 23.2. The van der Waals surface area contributed by atoms with Gasteiger partial charge < -0.3 is 19.1 Å². The number of likely N-dealkylation sites (tertiary alicyclic amines) is 1. The minimum atomic E-state index is -2.20. The molecule has 49 heavy (non-hydrogen) atoms. The zero-order chi connectivity index (χ0) is 35.3. The lowest BCUT2D eigenvalue weighted by atomic mass is 9.64. The number of carbonyl (C=O) groups excluding carboxylic acids is 2. The van der Waals surface area contributed by atoms with Crippen molar-refractivity contribution in [1.82, 2.24) is 28.4 Å². The molecule has 7 rings (SSSR count). The number of halogens is 3. The standard InChI is InChI=1S/C32H29Cl2FN6O8/c1-37-20-13-23(49-4)22(48-3)12-19(20)36-18(26(37)43)9-10-39-29(46)40-11-8-15-21(41(40)30(39)47)14-31(33)27(44)38(2)28(45)32(31,34)24(15)16-6-5-7-17(35)25(16)42/h5-8,12-13,21,24,42H,9-11,14H2,1-4H3/t21-,24-,31-,32+/m1/s1. The molecule has 2 aliphatic heterocycles. The van der Waals surface area contributed by atoms with Gasteiger partial charge in [0.25, 0.3) is 17.4 Å². The molecule has 4 heterocycles. The summed E-state index contributed by atoms with van der Waals surface area (Å²) in [6.45, 7) is -0.384. The van der Waals surface area contributed by atoms with Gasteiger partial charge in [0, 0.05) is 57.1 Å². The molecule has 2 aromatic heterocycles. The predicted molar refractivity (Wildman–Crippen MR) is 174 cm³/mol. The van der Waals surface area contributed by atoms with Crippen molar-refractivity contribution in [3.63, 3.8) is 0 Å². The molecular formula is C32H29Cl2FN6O8. The summed E-state index contributed by atoms with van der Waals surface area (Å²) in [5.74, 6) is -4.03. The fourth-order valence-corrected chi connectivity index (χ4v) is 8.44. The Labute approximate surface area is 286 Å². The number of phenols is 1. The van der Waals surface area contributed by atoms with E-state index in [1.165, 1.54) is 38.0 Å². The lowest BCUT2D eigenvalue weighted by Crippen LogP contribution is -2.59. The van der Waals surface area contributed by atoms with Gasteiger partial charge in [0.05, 0.1) is 37.8 Å². The number of methoxy groups -OCH3 is 2. The fourth-order valence-electron chi connectivity index (χ4n) is 7.45. The maximum atomic E-state index is 14.7. The summed E-state index contributed by atoms with van der Waals surface area (Å²) in [4.78, 5) is 69.2. The number of imide groups is 1. The molecule has 256 valence electrons. The lowest BCUT2D eigenvalue weighted by Gasteiger charge is -2.49. The Morgan fingerprint density at radius 3 is 2.41 bits per heavy atom. The molecule has 4 atom stereocenters. The van der Waals surface area contributed by atoms with Crippen molar-refractivity contribution in [2.75, 3.05) is 21.3 Å². The zero-order valence-corrected chi connectivity index (χ0v) is 28.1. The number of benzene rings is 2. The van der Waals surface area contributed by atoms with Crippen molar-refractivity contribution in [2.24, 2.45) is 7.05 Å². The van der Waals surface area contributed by atoms with Crippen molar-refractivity contribution >= 4 is 46.0 Å². The molecule has 1 aliphatic carbocycles. The number of carbonyl (C=O) groups is 2. The van der Waals surface area contributed by atoms with E-state index in [9.17, 15) is 33.5 Å².